The summed E-state index contributed by atoms with van der Waals surface area (Å²) < 4.78 is 0. The molecule has 0 bridgehead atoms. The second-order valence-electron chi connectivity index (χ2n) is 14.5. The maximum Gasteiger partial charge on any atom is 0.162 e. The fourth-order valence-corrected chi connectivity index (χ4v) is 9.44. The molecule has 3 fully saturated rings. The van der Waals surface area contributed by atoms with Gasteiger partial charge in [-0.2, -0.15) is 0 Å². The molecule has 1 nitrogen and oxygen atoms in total. The molecule has 0 radical (unpaired) electrons. The quantitative estimate of drug-likeness (QED) is 0.389. The van der Waals surface area contributed by atoms with Crippen LogP contribution in [0.15, 0.2) is 23.8 Å². The third-order valence-electron chi connectivity index (χ3n) is 12.9. The smallest absolute Gasteiger partial charge is 0.162 e. The van der Waals surface area contributed by atoms with Gasteiger partial charge in [0.05, 0.1) is 0 Å². The van der Waals surface area contributed by atoms with Crippen molar-refractivity contribution in [1.29, 1.82) is 0 Å². The number of rotatable bonds is 4. The molecule has 9 atom stereocenters. The highest BCUT2D eigenvalue weighted by molar-refractivity contribution is 5.98. The lowest BCUT2D eigenvalue weighted by Gasteiger charge is -2.69. The van der Waals surface area contributed by atoms with E-state index in [-0.39, 0.29) is 27.1 Å². The summed E-state index contributed by atoms with van der Waals surface area (Å²) in [4.78, 5) is 13.9. The zero-order valence-corrected chi connectivity index (χ0v) is 23.5. The topological polar surface area (TPSA) is 17.1 Å². The molecule has 0 saturated heterocycles. The largest absolute Gasteiger partial charge is 0.294 e. The monoisotopic (exact) mass is 452 g/mol. The summed E-state index contributed by atoms with van der Waals surface area (Å²) >= 11 is 0. The van der Waals surface area contributed by atoms with Gasteiger partial charge in [-0.25, -0.2) is 0 Å². The highest BCUT2D eigenvalue weighted by Gasteiger charge is 2.71. The van der Waals surface area contributed by atoms with Crippen LogP contribution in [0, 0.1) is 56.7 Å². The number of carbonyl (C=O) groups excluding carboxylic acids is 1. The fraction of sp³-hybridized carbons (Fsp3) is 0.844. The summed E-state index contributed by atoms with van der Waals surface area (Å²) in [6.07, 6.45) is 15.8. The molecule has 4 aliphatic carbocycles. The number of hydrogen-bond donors (Lipinski definition) is 0. The second kappa shape index (κ2) is 7.83. The van der Waals surface area contributed by atoms with Crippen molar-refractivity contribution in [3.8, 4) is 0 Å². The molecule has 0 aliphatic heterocycles. The first-order valence-corrected chi connectivity index (χ1v) is 14.1. The van der Waals surface area contributed by atoms with Gasteiger partial charge in [0.15, 0.2) is 5.78 Å². The number of carbonyl (C=O) groups is 1. The van der Waals surface area contributed by atoms with Crippen LogP contribution < -0.4 is 0 Å². The number of hydrogen-bond acceptors (Lipinski definition) is 1. The minimum atomic E-state index is -0.200. The number of ketones is 1. The molecule has 0 aromatic rings. The third-order valence-corrected chi connectivity index (χ3v) is 12.9. The third kappa shape index (κ3) is 3.19. The second-order valence-corrected chi connectivity index (χ2v) is 14.5. The molecular formula is C32H52O. The zero-order valence-electron chi connectivity index (χ0n) is 23.5. The lowest BCUT2D eigenvalue weighted by molar-refractivity contribution is -0.162. The molecule has 0 unspecified atom stereocenters. The van der Waals surface area contributed by atoms with Gasteiger partial charge in [0.2, 0.25) is 0 Å². The molecule has 0 N–H and O–H groups in total. The molecule has 4 aliphatic rings. The van der Waals surface area contributed by atoms with E-state index < -0.39 is 0 Å². The van der Waals surface area contributed by atoms with Crippen molar-refractivity contribution in [3.05, 3.63) is 23.8 Å². The van der Waals surface area contributed by atoms with Crippen molar-refractivity contribution in [2.75, 3.05) is 0 Å². The van der Waals surface area contributed by atoms with Crippen molar-refractivity contribution >= 4 is 5.78 Å². The van der Waals surface area contributed by atoms with Crippen LogP contribution >= 0.6 is 0 Å². The normalized spacial score (nSPS) is 49.4. The van der Waals surface area contributed by atoms with Crippen molar-refractivity contribution in [2.24, 2.45) is 56.7 Å². The lowest BCUT2D eigenvalue weighted by atomic mass is 9.34. The summed E-state index contributed by atoms with van der Waals surface area (Å²) in [6, 6.07) is 0. The molecule has 0 aromatic heterocycles. The fourth-order valence-electron chi connectivity index (χ4n) is 9.44. The summed E-state index contributed by atoms with van der Waals surface area (Å²) in [5.74, 6) is 3.72. The van der Waals surface area contributed by atoms with Gasteiger partial charge in [0, 0.05) is 5.41 Å². The van der Waals surface area contributed by atoms with E-state index in [1.165, 1.54) is 44.1 Å². The van der Waals surface area contributed by atoms with Gasteiger partial charge in [-0.3, -0.25) is 4.79 Å². The van der Waals surface area contributed by atoms with Crippen LogP contribution in [0.1, 0.15) is 114 Å². The molecule has 33 heavy (non-hydrogen) atoms. The summed E-state index contributed by atoms with van der Waals surface area (Å²) in [5.41, 5.74) is 1.97. The number of fused-ring (bicyclic) bond motifs is 5. The first-order valence-electron chi connectivity index (χ1n) is 14.1. The Kier molecular flexibility index (Phi) is 5.99. The van der Waals surface area contributed by atoms with Crippen LogP contribution in [-0.4, -0.2) is 5.78 Å². The van der Waals surface area contributed by atoms with Gasteiger partial charge < -0.3 is 0 Å². The highest BCUT2D eigenvalue weighted by atomic mass is 16.1. The van der Waals surface area contributed by atoms with E-state index in [0.29, 0.717) is 35.4 Å². The van der Waals surface area contributed by atoms with E-state index in [4.69, 9.17) is 0 Å². The number of allylic oxidation sites excluding steroid dienone is 4. The Morgan fingerprint density at radius 2 is 1.52 bits per heavy atom. The molecule has 0 amide bonds. The summed E-state index contributed by atoms with van der Waals surface area (Å²) in [7, 11) is 0. The van der Waals surface area contributed by atoms with E-state index in [2.05, 4.69) is 87.5 Å². The first kappa shape index (κ1) is 25.2. The van der Waals surface area contributed by atoms with E-state index in [9.17, 15) is 4.79 Å². The van der Waals surface area contributed by atoms with Crippen LogP contribution in [0.4, 0.5) is 0 Å². The van der Waals surface area contributed by atoms with Crippen molar-refractivity contribution in [2.45, 2.75) is 114 Å². The molecule has 1 heteroatoms. The summed E-state index contributed by atoms with van der Waals surface area (Å²) in [6.45, 7) is 24.3. The predicted molar refractivity (Wildman–Crippen MR) is 141 cm³/mol. The van der Waals surface area contributed by atoms with Gasteiger partial charge in [-0.1, -0.05) is 93.4 Å². The summed E-state index contributed by atoms with van der Waals surface area (Å²) in [5, 5.41) is 0. The lowest BCUT2D eigenvalue weighted by Crippen LogP contribution is -2.63. The minimum absolute atomic E-state index is 0.0777. The molecule has 0 spiro atoms. The van der Waals surface area contributed by atoms with E-state index in [1.54, 1.807) is 0 Å². The van der Waals surface area contributed by atoms with Crippen LogP contribution in [0.25, 0.3) is 0 Å². The van der Waals surface area contributed by atoms with E-state index in [0.717, 1.165) is 6.42 Å². The molecular weight excluding hydrogens is 400 g/mol. The van der Waals surface area contributed by atoms with Crippen LogP contribution in [0.5, 0.6) is 0 Å². The van der Waals surface area contributed by atoms with Crippen LogP contribution in [0.3, 0.4) is 0 Å². The Morgan fingerprint density at radius 3 is 2.15 bits per heavy atom. The van der Waals surface area contributed by atoms with Crippen LogP contribution in [0.2, 0.25) is 0 Å². The average Bonchev–Trinajstić information content (AvgIpc) is 3.02. The Balaban J connectivity index is 1.73. The Labute approximate surface area is 205 Å². The molecule has 0 heterocycles. The maximum absolute atomic E-state index is 13.9. The Morgan fingerprint density at radius 1 is 0.848 bits per heavy atom. The van der Waals surface area contributed by atoms with Crippen molar-refractivity contribution < 1.29 is 4.79 Å². The van der Waals surface area contributed by atoms with Gasteiger partial charge >= 0.3 is 0 Å². The minimum Gasteiger partial charge on any atom is -0.294 e. The first-order chi connectivity index (χ1) is 15.2. The van der Waals surface area contributed by atoms with Gasteiger partial charge in [-0.15, -0.1) is 0 Å². The molecule has 0 aromatic carbocycles. The van der Waals surface area contributed by atoms with Crippen LogP contribution in [-0.2, 0) is 4.79 Å². The zero-order chi connectivity index (χ0) is 24.6. The standard InChI is InChI=1S/C32H52O/c1-21(2)23(4)11-12-24(5)25-14-15-29(7)26-19-27(33)31(9)20-22(3)13-16-32(31,10)30(26,8)18-17-28(25,29)6/h11-12,19,21-25H,13-18,20H2,1-10H3/b12-11+/t22-,23-,24+,25+,28+,29-,30-,31+,32+/m0/s1. The Bertz CT molecular complexity index is 864. The highest BCUT2D eigenvalue weighted by Crippen LogP contribution is 2.77. The SMILES string of the molecule is CC(C)[C@@H](C)/C=C/[C@@H](C)[C@H]1CC[C@@]2(C)C3=CC(=O)[C@@]4(C)C[C@@H](C)CC[C@]4(C)[C@@]3(C)CC[C@]12C. The van der Waals surface area contributed by atoms with Gasteiger partial charge in [-0.05, 0) is 95.9 Å². The van der Waals surface area contributed by atoms with E-state index in [1.807, 2.05) is 0 Å². The maximum atomic E-state index is 13.9. The molecule has 186 valence electrons. The van der Waals surface area contributed by atoms with Gasteiger partial charge in [0.25, 0.3) is 0 Å². The van der Waals surface area contributed by atoms with Crippen molar-refractivity contribution in [1.82, 2.24) is 0 Å². The predicted octanol–water partition coefficient (Wildman–Crippen LogP) is 9.04. The van der Waals surface area contributed by atoms with E-state index >= 15 is 0 Å². The van der Waals surface area contributed by atoms with Crippen molar-refractivity contribution in [3.63, 3.8) is 0 Å². The Hall–Kier alpha value is -0.850. The van der Waals surface area contributed by atoms with Gasteiger partial charge in [0.1, 0.15) is 0 Å². The molecule has 4 rings (SSSR count). The molecule has 3 saturated carbocycles. The average molecular weight is 453 g/mol.